The number of likely N-dealkylation sites (tertiary alicyclic amines) is 2. The quantitative estimate of drug-likeness (QED) is 0.660. The summed E-state index contributed by atoms with van der Waals surface area (Å²) in [6.45, 7) is 13.5. The molecule has 0 bridgehead atoms. The maximum absolute atomic E-state index is 12.2. The zero-order valence-corrected chi connectivity index (χ0v) is 20.4. The molecule has 7 heteroatoms. The number of aliphatic hydroxyl groups is 1. The normalized spacial score (nSPS) is 22.9. The summed E-state index contributed by atoms with van der Waals surface area (Å²) in [4.78, 5) is 18.6. The number of nitrogens with zero attached hydrogens (tertiary/aromatic N) is 3. The van der Waals surface area contributed by atoms with E-state index in [9.17, 15) is 9.90 Å². The molecular formula is C25H41N3O4. The number of likely N-dealkylation sites (N-methyl/N-ethyl adjacent to an activating group) is 1. The first kappa shape index (κ1) is 24.8. The van der Waals surface area contributed by atoms with Crippen LogP contribution in [0.1, 0.15) is 46.1 Å². The molecule has 0 aliphatic carbocycles. The van der Waals surface area contributed by atoms with Crippen LogP contribution in [0.3, 0.4) is 0 Å². The number of rotatable bonds is 8. The van der Waals surface area contributed by atoms with Crippen LogP contribution < -0.4 is 4.74 Å². The molecule has 2 heterocycles. The van der Waals surface area contributed by atoms with Crippen LogP contribution in [-0.2, 0) is 11.3 Å². The number of ether oxygens (including phenoxy) is 2. The topological polar surface area (TPSA) is 65.5 Å². The first-order valence-corrected chi connectivity index (χ1v) is 11.9. The lowest BCUT2D eigenvalue weighted by Gasteiger charge is -2.38. The Hall–Kier alpha value is -1.83. The molecule has 2 aliphatic heterocycles. The number of hydrogen-bond donors (Lipinski definition) is 1. The fourth-order valence-corrected chi connectivity index (χ4v) is 4.30. The molecule has 3 rings (SSSR count). The number of aliphatic hydroxyl groups excluding tert-OH is 1. The van der Waals surface area contributed by atoms with Crippen molar-refractivity contribution in [3.8, 4) is 5.75 Å². The van der Waals surface area contributed by atoms with Gasteiger partial charge in [-0.15, -0.1) is 0 Å². The van der Waals surface area contributed by atoms with Crippen molar-refractivity contribution < 1.29 is 19.4 Å². The third-order valence-electron chi connectivity index (χ3n) is 6.26. The van der Waals surface area contributed by atoms with Crippen molar-refractivity contribution in [2.45, 2.75) is 64.8 Å². The Balaban J connectivity index is 1.43. The summed E-state index contributed by atoms with van der Waals surface area (Å²) in [7, 11) is 1.80. The predicted octanol–water partition coefficient (Wildman–Crippen LogP) is 3.21. The minimum atomic E-state index is -0.472. The molecule has 0 saturated carbocycles. The number of carbonyl (C=O) groups is 1. The zero-order chi connectivity index (χ0) is 23.3. The third-order valence-corrected chi connectivity index (χ3v) is 6.26. The minimum Gasteiger partial charge on any atom is -0.493 e. The average molecular weight is 448 g/mol. The van der Waals surface area contributed by atoms with Gasteiger partial charge in [-0.05, 0) is 58.2 Å². The van der Waals surface area contributed by atoms with Crippen LogP contribution in [0.5, 0.6) is 5.75 Å². The first-order valence-electron chi connectivity index (χ1n) is 11.9. The minimum absolute atomic E-state index is 0.171. The Bertz CT molecular complexity index is 745. The highest BCUT2D eigenvalue weighted by Gasteiger charge is 2.27. The smallest absolute Gasteiger partial charge is 0.410 e. The molecule has 0 spiro atoms. The van der Waals surface area contributed by atoms with Gasteiger partial charge in [0.15, 0.2) is 0 Å². The van der Waals surface area contributed by atoms with Gasteiger partial charge in [0.05, 0.1) is 12.7 Å². The Labute approximate surface area is 193 Å². The first-order chi connectivity index (χ1) is 15.1. The van der Waals surface area contributed by atoms with Crippen LogP contribution in [0.25, 0.3) is 0 Å². The van der Waals surface area contributed by atoms with E-state index in [2.05, 4.69) is 28.9 Å². The lowest BCUT2D eigenvalue weighted by molar-refractivity contribution is -0.00291. The second-order valence-electron chi connectivity index (χ2n) is 10.5. The summed E-state index contributed by atoms with van der Waals surface area (Å²) >= 11 is 0. The molecule has 2 saturated heterocycles. The van der Waals surface area contributed by atoms with Gasteiger partial charge in [-0.3, -0.25) is 9.80 Å². The Morgan fingerprint density at radius 3 is 2.66 bits per heavy atom. The van der Waals surface area contributed by atoms with Gasteiger partial charge in [-0.2, -0.15) is 0 Å². The number of amides is 1. The van der Waals surface area contributed by atoms with Gasteiger partial charge in [0.1, 0.15) is 11.4 Å². The summed E-state index contributed by atoms with van der Waals surface area (Å²) in [6.07, 6.45) is 1.86. The Kier molecular flexibility index (Phi) is 8.42. The third kappa shape index (κ3) is 7.64. The molecule has 1 amide bonds. The van der Waals surface area contributed by atoms with Crippen LogP contribution in [0, 0.1) is 5.92 Å². The summed E-state index contributed by atoms with van der Waals surface area (Å²) in [5, 5.41) is 9.46. The highest BCUT2D eigenvalue weighted by atomic mass is 16.6. The van der Waals surface area contributed by atoms with E-state index in [1.54, 1.807) is 11.9 Å². The van der Waals surface area contributed by atoms with E-state index >= 15 is 0 Å². The lowest BCUT2D eigenvalue weighted by Crippen LogP contribution is -2.49. The van der Waals surface area contributed by atoms with E-state index in [4.69, 9.17) is 9.47 Å². The summed E-state index contributed by atoms with van der Waals surface area (Å²) in [5.41, 5.74) is 0.749. The fourth-order valence-electron chi connectivity index (χ4n) is 4.30. The maximum Gasteiger partial charge on any atom is 0.410 e. The van der Waals surface area contributed by atoms with Crippen molar-refractivity contribution in [1.82, 2.24) is 14.7 Å². The van der Waals surface area contributed by atoms with Gasteiger partial charge in [-0.1, -0.05) is 12.1 Å². The van der Waals surface area contributed by atoms with E-state index in [0.717, 1.165) is 51.3 Å². The van der Waals surface area contributed by atoms with Crippen LogP contribution in [0.15, 0.2) is 24.3 Å². The number of piperidine rings is 1. The van der Waals surface area contributed by atoms with E-state index in [-0.39, 0.29) is 12.2 Å². The summed E-state index contributed by atoms with van der Waals surface area (Å²) < 4.78 is 11.6. The number of hydrogen-bond acceptors (Lipinski definition) is 6. The van der Waals surface area contributed by atoms with Gasteiger partial charge in [0.2, 0.25) is 0 Å². The number of carbonyl (C=O) groups excluding carboxylic acids is 1. The molecular weight excluding hydrogens is 406 g/mol. The Morgan fingerprint density at radius 2 is 1.97 bits per heavy atom. The molecule has 0 aromatic heterocycles. The highest BCUT2D eigenvalue weighted by molar-refractivity contribution is 5.67. The summed E-state index contributed by atoms with van der Waals surface area (Å²) in [6, 6.07) is 8.80. The maximum atomic E-state index is 12.2. The molecule has 1 aromatic carbocycles. The number of β-amino-alcohol motifs (C(OH)–C–C–N with tert-alkyl or cyclic N) is 1. The predicted molar refractivity (Wildman–Crippen MR) is 126 cm³/mol. The van der Waals surface area contributed by atoms with Crippen molar-refractivity contribution in [3.05, 3.63) is 29.8 Å². The van der Waals surface area contributed by atoms with Crippen LogP contribution in [0.4, 0.5) is 4.79 Å². The molecule has 2 fully saturated rings. The van der Waals surface area contributed by atoms with Crippen molar-refractivity contribution in [1.29, 1.82) is 0 Å². The monoisotopic (exact) mass is 447 g/mol. The standard InChI is InChI=1S/C25H41N3O4/c1-19-9-10-21(15-28(19)12-11-26(5)24(30)32-25(2,3)4)18-31-23-8-6-7-20(13-23)14-27-16-22(29)17-27/h6-8,13,19,21-22,29H,9-12,14-18H2,1-5H3. The molecule has 32 heavy (non-hydrogen) atoms. The van der Waals surface area contributed by atoms with E-state index in [0.29, 0.717) is 25.1 Å². The van der Waals surface area contributed by atoms with Gasteiger partial charge in [0, 0.05) is 58.3 Å². The molecule has 1 aromatic rings. The highest BCUT2D eigenvalue weighted by Crippen LogP contribution is 2.24. The molecule has 2 unspecified atom stereocenters. The SMILES string of the molecule is CC1CCC(COc2cccc(CN3CC(O)C3)c2)CN1CCN(C)C(=O)OC(C)(C)C. The molecule has 180 valence electrons. The van der Waals surface area contributed by atoms with E-state index in [1.165, 1.54) is 5.56 Å². The van der Waals surface area contributed by atoms with Crippen LogP contribution in [-0.4, -0.2) is 90.0 Å². The van der Waals surface area contributed by atoms with Crippen molar-refractivity contribution >= 4 is 6.09 Å². The van der Waals surface area contributed by atoms with Crippen molar-refractivity contribution in [2.75, 3.05) is 46.4 Å². The fraction of sp³-hybridized carbons (Fsp3) is 0.720. The van der Waals surface area contributed by atoms with Gasteiger partial charge < -0.3 is 19.5 Å². The largest absolute Gasteiger partial charge is 0.493 e. The molecule has 7 nitrogen and oxygen atoms in total. The summed E-state index contributed by atoms with van der Waals surface area (Å²) in [5.74, 6) is 1.39. The van der Waals surface area contributed by atoms with Crippen molar-refractivity contribution in [2.24, 2.45) is 5.92 Å². The average Bonchev–Trinajstić information content (AvgIpc) is 2.70. The molecule has 0 radical (unpaired) electrons. The second-order valence-corrected chi connectivity index (χ2v) is 10.5. The van der Waals surface area contributed by atoms with Gasteiger partial charge in [-0.25, -0.2) is 4.79 Å². The van der Waals surface area contributed by atoms with Crippen molar-refractivity contribution in [3.63, 3.8) is 0 Å². The van der Waals surface area contributed by atoms with E-state index in [1.807, 2.05) is 32.9 Å². The Morgan fingerprint density at radius 1 is 1.22 bits per heavy atom. The lowest BCUT2D eigenvalue weighted by atomic mass is 9.94. The van der Waals surface area contributed by atoms with Gasteiger partial charge >= 0.3 is 6.09 Å². The van der Waals surface area contributed by atoms with Gasteiger partial charge in [0.25, 0.3) is 0 Å². The van der Waals surface area contributed by atoms with Crippen LogP contribution in [0.2, 0.25) is 0 Å². The number of benzene rings is 1. The zero-order valence-electron chi connectivity index (χ0n) is 20.4. The molecule has 2 aliphatic rings. The van der Waals surface area contributed by atoms with Crippen LogP contribution >= 0.6 is 0 Å². The van der Waals surface area contributed by atoms with E-state index < -0.39 is 5.60 Å². The molecule has 2 atom stereocenters. The molecule has 1 N–H and O–H groups in total. The second kappa shape index (κ2) is 10.9.